The Kier molecular flexibility index (Phi) is 7.28. The van der Waals surface area contributed by atoms with Crippen LogP contribution in [0.4, 0.5) is 0 Å². The molecule has 0 fully saturated rings. The molecule has 0 spiro atoms. The molecule has 0 aliphatic heterocycles. The van der Waals surface area contributed by atoms with Gasteiger partial charge in [-0.3, -0.25) is 15.0 Å². The van der Waals surface area contributed by atoms with Crippen molar-refractivity contribution in [1.82, 2.24) is 15.0 Å². The highest BCUT2D eigenvalue weighted by Crippen LogP contribution is 2.17. The number of nitrogens with zero attached hydrogens (tertiary/aromatic N) is 3. The van der Waals surface area contributed by atoms with Crippen LogP contribution in [0.2, 0.25) is 0 Å². The zero-order valence-corrected chi connectivity index (χ0v) is 17.7. The summed E-state index contributed by atoms with van der Waals surface area (Å²) in [6.45, 7) is 7.95. The molecular formula is C26H28N4. The van der Waals surface area contributed by atoms with Crippen molar-refractivity contribution in [3.05, 3.63) is 108 Å². The lowest BCUT2D eigenvalue weighted by molar-refractivity contribution is 0.781. The molecule has 152 valence electrons. The van der Waals surface area contributed by atoms with Crippen LogP contribution in [0.15, 0.2) is 85.1 Å². The third-order valence-corrected chi connectivity index (χ3v) is 4.62. The van der Waals surface area contributed by atoms with Gasteiger partial charge in [0.15, 0.2) is 0 Å². The maximum atomic E-state index is 5.65. The molecule has 0 aliphatic carbocycles. The largest absolute Gasteiger partial charge is 0.402 e. The Hall–Kier alpha value is -3.53. The van der Waals surface area contributed by atoms with Crippen molar-refractivity contribution >= 4 is 5.57 Å². The van der Waals surface area contributed by atoms with E-state index in [0.29, 0.717) is 0 Å². The molecule has 4 heteroatoms. The summed E-state index contributed by atoms with van der Waals surface area (Å²) in [6, 6.07) is 18.2. The van der Waals surface area contributed by atoms with Crippen LogP contribution in [0.1, 0.15) is 36.1 Å². The zero-order valence-electron chi connectivity index (χ0n) is 17.7. The number of aryl methyl sites for hydroxylation is 3. The van der Waals surface area contributed by atoms with Gasteiger partial charge in [-0.2, -0.15) is 0 Å². The third-order valence-electron chi connectivity index (χ3n) is 4.62. The molecular weight excluding hydrogens is 368 g/mol. The minimum absolute atomic E-state index is 0.761. The van der Waals surface area contributed by atoms with E-state index >= 15 is 0 Å². The van der Waals surface area contributed by atoms with Crippen molar-refractivity contribution in [1.29, 1.82) is 0 Å². The van der Waals surface area contributed by atoms with Crippen LogP contribution in [0, 0.1) is 6.92 Å². The van der Waals surface area contributed by atoms with E-state index in [4.69, 9.17) is 15.7 Å². The molecule has 3 heterocycles. The minimum Gasteiger partial charge on any atom is -0.402 e. The van der Waals surface area contributed by atoms with Gasteiger partial charge in [-0.1, -0.05) is 36.9 Å². The van der Waals surface area contributed by atoms with Crippen LogP contribution >= 0.6 is 0 Å². The van der Waals surface area contributed by atoms with Crippen LogP contribution in [-0.2, 0) is 12.8 Å². The lowest BCUT2D eigenvalue weighted by Crippen LogP contribution is -1.98. The summed E-state index contributed by atoms with van der Waals surface area (Å²) in [5, 5.41) is 0. The predicted octanol–water partition coefficient (Wildman–Crippen LogP) is 5.45. The van der Waals surface area contributed by atoms with Crippen molar-refractivity contribution in [3.63, 3.8) is 0 Å². The molecule has 30 heavy (non-hydrogen) atoms. The van der Waals surface area contributed by atoms with Crippen molar-refractivity contribution < 1.29 is 0 Å². The second kappa shape index (κ2) is 10.3. The van der Waals surface area contributed by atoms with E-state index in [9.17, 15) is 0 Å². The molecule has 0 saturated carbocycles. The van der Waals surface area contributed by atoms with Gasteiger partial charge in [0.1, 0.15) is 0 Å². The number of rotatable bonds is 8. The average molecular weight is 397 g/mol. The Morgan fingerprint density at radius 3 is 2.23 bits per heavy atom. The molecule has 0 bridgehead atoms. The first-order valence-corrected chi connectivity index (χ1v) is 10.2. The van der Waals surface area contributed by atoms with Crippen LogP contribution in [0.5, 0.6) is 0 Å². The van der Waals surface area contributed by atoms with E-state index in [1.807, 2.05) is 74.5 Å². The lowest BCUT2D eigenvalue weighted by Gasteiger charge is -2.06. The maximum Gasteiger partial charge on any atom is 0.0889 e. The normalized spacial score (nSPS) is 11.7. The molecule has 0 saturated heterocycles. The molecule has 3 rings (SSSR count). The number of hydrogen-bond donors (Lipinski definition) is 1. The van der Waals surface area contributed by atoms with Gasteiger partial charge in [0.05, 0.1) is 17.1 Å². The Morgan fingerprint density at radius 2 is 1.53 bits per heavy atom. The quantitative estimate of drug-likeness (QED) is 0.514. The highest BCUT2D eigenvalue weighted by Gasteiger charge is 2.05. The van der Waals surface area contributed by atoms with Gasteiger partial charge >= 0.3 is 0 Å². The Balaban J connectivity index is 1.61. The molecule has 0 radical (unpaired) electrons. The van der Waals surface area contributed by atoms with Gasteiger partial charge in [0, 0.05) is 22.8 Å². The summed E-state index contributed by atoms with van der Waals surface area (Å²) in [4.78, 5) is 14.1. The zero-order chi connectivity index (χ0) is 21.3. The highest BCUT2D eigenvalue weighted by molar-refractivity contribution is 5.69. The summed E-state index contributed by atoms with van der Waals surface area (Å²) < 4.78 is 0. The van der Waals surface area contributed by atoms with E-state index in [0.717, 1.165) is 64.7 Å². The first-order valence-electron chi connectivity index (χ1n) is 10.2. The smallest absolute Gasteiger partial charge is 0.0889 e. The molecule has 3 aromatic heterocycles. The highest BCUT2D eigenvalue weighted by atomic mass is 14.8. The molecule has 0 aromatic carbocycles. The number of allylic oxidation sites excluding steroid dienone is 5. The van der Waals surface area contributed by atoms with Crippen LogP contribution in [0.3, 0.4) is 0 Å². The topological polar surface area (TPSA) is 64.7 Å². The minimum atomic E-state index is 0.761. The summed E-state index contributed by atoms with van der Waals surface area (Å²) in [5.41, 5.74) is 13.1. The van der Waals surface area contributed by atoms with Gasteiger partial charge in [-0.15, -0.1) is 0 Å². The fourth-order valence-corrected chi connectivity index (χ4v) is 3.10. The Labute approximate surface area is 178 Å². The van der Waals surface area contributed by atoms with Gasteiger partial charge in [0.25, 0.3) is 0 Å². The molecule has 0 atom stereocenters. The predicted molar refractivity (Wildman–Crippen MR) is 125 cm³/mol. The van der Waals surface area contributed by atoms with Crippen molar-refractivity contribution in [3.8, 4) is 11.4 Å². The van der Waals surface area contributed by atoms with Gasteiger partial charge in [-0.25, -0.2) is 0 Å². The van der Waals surface area contributed by atoms with Gasteiger partial charge in [0.2, 0.25) is 0 Å². The van der Waals surface area contributed by atoms with Gasteiger partial charge < -0.3 is 5.73 Å². The molecule has 2 N–H and O–H groups in total. The first kappa shape index (κ1) is 21.2. The monoisotopic (exact) mass is 396 g/mol. The van der Waals surface area contributed by atoms with Crippen LogP contribution in [-0.4, -0.2) is 15.0 Å². The van der Waals surface area contributed by atoms with Crippen LogP contribution in [0.25, 0.3) is 17.0 Å². The molecule has 4 nitrogen and oxygen atoms in total. The number of pyridine rings is 3. The SMILES string of the molecule is C=C(/C=C\C=C(\C)N)c1cccc(CCCc2cccc(-c3cccc(C)n3)n2)n1. The molecule has 0 aliphatic rings. The fraction of sp³-hybridized carbons (Fsp3) is 0.192. The number of nitrogens with two attached hydrogens (primary N) is 1. The van der Waals surface area contributed by atoms with Crippen molar-refractivity contribution in [2.75, 3.05) is 0 Å². The summed E-state index contributed by atoms with van der Waals surface area (Å²) in [6.07, 6.45) is 8.44. The van der Waals surface area contributed by atoms with Crippen molar-refractivity contribution in [2.45, 2.75) is 33.1 Å². The van der Waals surface area contributed by atoms with E-state index in [1.165, 1.54) is 0 Å². The number of hydrogen-bond acceptors (Lipinski definition) is 4. The third kappa shape index (κ3) is 6.24. The number of aromatic nitrogens is 3. The van der Waals surface area contributed by atoms with Crippen LogP contribution < -0.4 is 5.73 Å². The summed E-state index contributed by atoms with van der Waals surface area (Å²) in [5.74, 6) is 0. The Bertz CT molecular complexity index is 1080. The molecule has 0 unspecified atom stereocenters. The summed E-state index contributed by atoms with van der Waals surface area (Å²) in [7, 11) is 0. The average Bonchev–Trinajstić information content (AvgIpc) is 2.74. The first-order chi connectivity index (χ1) is 14.5. The van der Waals surface area contributed by atoms with Gasteiger partial charge in [-0.05, 0) is 81.2 Å². The van der Waals surface area contributed by atoms with Crippen molar-refractivity contribution in [2.24, 2.45) is 5.73 Å². The fourth-order valence-electron chi connectivity index (χ4n) is 3.10. The maximum absolute atomic E-state index is 5.65. The lowest BCUT2D eigenvalue weighted by atomic mass is 10.1. The van der Waals surface area contributed by atoms with E-state index in [2.05, 4.69) is 23.7 Å². The second-order valence-corrected chi connectivity index (χ2v) is 7.34. The summed E-state index contributed by atoms with van der Waals surface area (Å²) >= 11 is 0. The van der Waals surface area contributed by atoms with E-state index in [1.54, 1.807) is 0 Å². The molecule has 3 aromatic rings. The molecule has 0 amide bonds. The second-order valence-electron chi connectivity index (χ2n) is 7.34. The van der Waals surface area contributed by atoms with E-state index < -0.39 is 0 Å². The Morgan fingerprint density at radius 1 is 0.900 bits per heavy atom. The van der Waals surface area contributed by atoms with E-state index in [-0.39, 0.29) is 0 Å². The standard InChI is InChI=1S/C26H28N4/c1-19(9-4-10-20(2)27)24-16-7-14-22(29-24)12-6-13-23-15-8-18-26(30-23)25-17-5-11-21(3)28-25/h4-5,7-11,14-18H,1,6,12-13,27H2,2-3H3/b9-4-,20-10-.